The summed E-state index contributed by atoms with van der Waals surface area (Å²) in [5, 5.41) is 0.587. The Labute approximate surface area is 176 Å². The summed E-state index contributed by atoms with van der Waals surface area (Å²) in [7, 11) is 0. The molecule has 0 N–H and O–H groups in total. The molecule has 0 unspecified atom stereocenters. The Morgan fingerprint density at radius 2 is 1.55 bits per heavy atom. The lowest BCUT2D eigenvalue weighted by molar-refractivity contribution is -0.193. The number of hydroxylamine groups is 2. The van der Waals surface area contributed by atoms with Crippen LogP contribution in [0.4, 0.5) is 0 Å². The normalized spacial score (nSPS) is 14.6. The molecule has 7 nitrogen and oxygen atoms in total. The number of rotatable bonds is 6. The molecule has 29 heavy (non-hydrogen) atoms. The van der Waals surface area contributed by atoms with Crippen LogP contribution in [0.3, 0.4) is 0 Å². The highest BCUT2D eigenvalue weighted by atomic mass is 79.9. The summed E-state index contributed by atoms with van der Waals surface area (Å²) in [4.78, 5) is 43.2. The standard InChI is InChI=1S/C21H20BrNO6/c1-21(2,3)28-20(26)17(12-27-14-10-8-13(22)9-11-14)29-23-18(24)15-6-4-5-7-16(15)19(23)25/h4-11,17H,12H2,1-3H3/t17-/m0/s1. The Kier molecular flexibility index (Phi) is 6.04. The van der Waals surface area contributed by atoms with Gasteiger partial charge in [-0.2, -0.15) is 0 Å². The van der Waals surface area contributed by atoms with Gasteiger partial charge in [0, 0.05) is 4.47 Å². The number of hydrogen-bond donors (Lipinski definition) is 0. The molecule has 0 fully saturated rings. The molecule has 0 bridgehead atoms. The lowest BCUT2D eigenvalue weighted by Crippen LogP contribution is -2.43. The van der Waals surface area contributed by atoms with Crippen molar-refractivity contribution in [2.75, 3.05) is 6.61 Å². The second-order valence-electron chi connectivity index (χ2n) is 7.34. The summed E-state index contributed by atoms with van der Waals surface area (Å²) in [5.41, 5.74) is -0.346. The summed E-state index contributed by atoms with van der Waals surface area (Å²) >= 11 is 3.33. The van der Waals surface area contributed by atoms with E-state index in [1.54, 1.807) is 57.2 Å². The average Bonchev–Trinajstić information content (AvgIpc) is 2.90. The van der Waals surface area contributed by atoms with E-state index >= 15 is 0 Å². The predicted octanol–water partition coefficient (Wildman–Crippen LogP) is 3.77. The third kappa shape index (κ3) is 5.02. The monoisotopic (exact) mass is 461 g/mol. The highest BCUT2D eigenvalue weighted by Gasteiger charge is 2.40. The second kappa shape index (κ2) is 8.34. The number of nitrogens with zero attached hydrogens (tertiary/aromatic N) is 1. The van der Waals surface area contributed by atoms with Gasteiger partial charge in [-0.15, -0.1) is 5.06 Å². The van der Waals surface area contributed by atoms with Crippen LogP contribution in [0.1, 0.15) is 41.5 Å². The van der Waals surface area contributed by atoms with Crippen LogP contribution in [-0.4, -0.2) is 41.2 Å². The predicted molar refractivity (Wildman–Crippen MR) is 107 cm³/mol. The van der Waals surface area contributed by atoms with Gasteiger partial charge in [-0.05, 0) is 57.2 Å². The van der Waals surface area contributed by atoms with Crippen molar-refractivity contribution >= 4 is 33.7 Å². The first-order valence-corrected chi connectivity index (χ1v) is 9.71. The fraction of sp³-hybridized carbons (Fsp3) is 0.286. The van der Waals surface area contributed by atoms with E-state index in [9.17, 15) is 14.4 Å². The lowest BCUT2D eigenvalue weighted by atomic mass is 10.1. The third-order valence-electron chi connectivity index (χ3n) is 3.87. The minimum Gasteiger partial charge on any atom is -0.490 e. The number of carbonyl (C=O) groups is 3. The van der Waals surface area contributed by atoms with Gasteiger partial charge in [-0.25, -0.2) is 9.63 Å². The summed E-state index contributed by atoms with van der Waals surface area (Å²) in [6, 6.07) is 13.3. The SMILES string of the molecule is CC(C)(C)OC(=O)[C@H](COc1ccc(Br)cc1)ON1C(=O)c2ccccc2C1=O. The maximum Gasteiger partial charge on any atom is 0.342 e. The van der Waals surface area contributed by atoms with Crippen molar-refractivity contribution in [3.8, 4) is 5.75 Å². The molecule has 1 atom stereocenters. The number of amides is 2. The zero-order chi connectivity index (χ0) is 21.2. The van der Waals surface area contributed by atoms with Gasteiger partial charge in [0.05, 0.1) is 11.1 Å². The molecule has 0 spiro atoms. The highest BCUT2D eigenvalue weighted by molar-refractivity contribution is 9.10. The van der Waals surface area contributed by atoms with Crippen molar-refractivity contribution in [1.29, 1.82) is 0 Å². The Bertz CT molecular complexity index is 900. The van der Waals surface area contributed by atoms with E-state index in [0.717, 1.165) is 4.47 Å². The van der Waals surface area contributed by atoms with Crippen molar-refractivity contribution < 1.29 is 28.7 Å². The van der Waals surface area contributed by atoms with E-state index in [1.165, 1.54) is 12.1 Å². The Morgan fingerprint density at radius 3 is 2.07 bits per heavy atom. The van der Waals surface area contributed by atoms with Gasteiger partial charge in [0.1, 0.15) is 18.0 Å². The van der Waals surface area contributed by atoms with E-state index in [1.807, 2.05) is 0 Å². The second-order valence-corrected chi connectivity index (χ2v) is 8.26. The van der Waals surface area contributed by atoms with Crippen LogP contribution in [0.15, 0.2) is 53.0 Å². The van der Waals surface area contributed by atoms with Crippen molar-refractivity contribution in [2.45, 2.75) is 32.5 Å². The van der Waals surface area contributed by atoms with E-state index in [0.29, 0.717) is 10.8 Å². The average molecular weight is 462 g/mol. The minimum absolute atomic E-state index is 0.217. The zero-order valence-electron chi connectivity index (χ0n) is 16.2. The molecule has 0 saturated heterocycles. The largest absolute Gasteiger partial charge is 0.490 e. The molecule has 1 aliphatic rings. The minimum atomic E-state index is -1.32. The van der Waals surface area contributed by atoms with Crippen molar-refractivity contribution in [2.24, 2.45) is 0 Å². The van der Waals surface area contributed by atoms with E-state index in [-0.39, 0.29) is 17.7 Å². The molecular formula is C21H20BrNO6. The van der Waals surface area contributed by atoms with Crippen LogP contribution < -0.4 is 4.74 Å². The number of halogens is 1. The summed E-state index contributed by atoms with van der Waals surface area (Å²) < 4.78 is 11.9. The van der Waals surface area contributed by atoms with Gasteiger partial charge >= 0.3 is 5.97 Å². The first kappa shape index (κ1) is 21.0. The maximum atomic E-state index is 12.6. The number of esters is 1. The maximum absolute atomic E-state index is 12.6. The molecule has 0 aromatic heterocycles. The highest BCUT2D eigenvalue weighted by Crippen LogP contribution is 2.24. The van der Waals surface area contributed by atoms with Crippen molar-refractivity contribution in [3.05, 3.63) is 64.1 Å². The Balaban J connectivity index is 1.78. The van der Waals surface area contributed by atoms with Gasteiger partial charge < -0.3 is 9.47 Å². The van der Waals surface area contributed by atoms with E-state index in [2.05, 4.69) is 15.9 Å². The van der Waals surface area contributed by atoms with Crippen molar-refractivity contribution in [1.82, 2.24) is 5.06 Å². The van der Waals surface area contributed by atoms with E-state index < -0.39 is 29.5 Å². The summed E-state index contributed by atoms with van der Waals surface area (Å²) in [6.45, 7) is 4.88. The lowest BCUT2D eigenvalue weighted by Gasteiger charge is -2.26. The quantitative estimate of drug-likeness (QED) is 0.480. The van der Waals surface area contributed by atoms with Gasteiger partial charge in [-0.3, -0.25) is 9.59 Å². The molecule has 1 heterocycles. The summed E-state index contributed by atoms with van der Waals surface area (Å²) in [6.07, 6.45) is -1.32. The van der Waals surface area contributed by atoms with Gasteiger partial charge in [0.2, 0.25) is 6.10 Å². The molecule has 0 saturated carbocycles. The topological polar surface area (TPSA) is 82.1 Å². The molecule has 152 valence electrons. The molecule has 1 aliphatic heterocycles. The molecule has 2 aromatic carbocycles. The van der Waals surface area contributed by atoms with Crippen molar-refractivity contribution in [3.63, 3.8) is 0 Å². The molecule has 8 heteroatoms. The molecule has 0 aliphatic carbocycles. The first-order valence-electron chi connectivity index (χ1n) is 8.91. The Hall–Kier alpha value is -2.71. The van der Waals surface area contributed by atoms with Gasteiger partial charge in [0.15, 0.2) is 0 Å². The number of benzene rings is 2. The number of carbonyl (C=O) groups excluding carboxylic acids is 3. The first-order chi connectivity index (χ1) is 13.7. The van der Waals surface area contributed by atoms with Gasteiger partial charge in [-0.1, -0.05) is 28.1 Å². The smallest absolute Gasteiger partial charge is 0.342 e. The third-order valence-corrected chi connectivity index (χ3v) is 4.40. The van der Waals surface area contributed by atoms with Crippen LogP contribution >= 0.6 is 15.9 Å². The van der Waals surface area contributed by atoms with Gasteiger partial charge in [0.25, 0.3) is 11.8 Å². The van der Waals surface area contributed by atoms with Crippen LogP contribution in [0, 0.1) is 0 Å². The molecular weight excluding hydrogens is 442 g/mol. The fourth-order valence-corrected chi connectivity index (χ4v) is 2.87. The van der Waals surface area contributed by atoms with Crippen LogP contribution in [0.2, 0.25) is 0 Å². The molecule has 0 radical (unpaired) electrons. The van der Waals surface area contributed by atoms with E-state index in [4.69, 9.17) is 14.3 Å². The summed E-state index contributed by atoms with van der Waals surface area (Å²) in [5.74, 6) is -1.52. The van der Waals surface area contributed by atoms with Crippen LogP contribution in [0.5, 0.6) is 5.75 Å². The number of hydrogen-bond acceptors (Lipinski definition) is 6. The van der Waals surface area contributed by atoms with Crippen LogP contribution in [-0.2, 0) is 14.4 Å². The molecule has 2 amide bonds. The molecule has 2 aromatic rings. The zero-order valence-corrected chi connectivity index (χ0v) is 17.8. The Morgan fingerprint density at radius 1 is 1.00 bits per heavy atom. The number of imide groups is 1. The number of ether oxygens (including phenoxy) is 2. The fourth-order valence-electron chi connectivity index (χ4n) is 2.60. The van der Waals surface area contributed by atoms with Crippen LogP contribution in [0.25, 0.3) is 0 Å². The molecule has 3 rings (SSSR count). The number of fused-ring (bicyclic) bond motifs is 1.